The Morgan fingerprint density at radius 2 is 1.96 bits per heavy atom. The molecule has 24 heavy (non-hydrogen) atoms. The molecule has 1 aliphatic heterocycles. The van der Waals surface area contributed by atoms with Crippen LogP contribution in [-0.4, -0.2) is 37.7 Å². The highest BCUT2D eigenvalue weighted by atomic mass is 19.1. The summed E-state index contributed by atoms with van der Waals surface area (Å²) in [7, 11) is 0. The van der Waals surface area contributed by atoms with Gasteiger partial charge in [0.1, 0.15) is 17.3 Å². The summed E-state index contributed by atoms with van der Waals surface area (Å²) in [5.41, 5.74) is 1.63. The lowest BCUT2D eigenvalue weighted by Crippen LogP contribution is -2.42. The van der Waals surface area contributed by atoms with Crippen molar-refractivity contribution in [2.45, 2.75) is 26.4 Å². The largest absolute Gasteiger partial charge is 0.465 e. The fraction of sp³-hybridized carbons (Fsp3) is 0.474. The number of hydrogen-bond donors (Lipinski definition) is 1. The average Bonchev–Trinajstić information content (AvgIpc) is 3.02. The van der Waals surface area contributed by atoms with E-state index in [1.807, 2.05) is 31.2 Å². The summed E-state index contributed by atoms with van der Waals surface area (Å²) in [6, 6.07) is 9.59. The van der Waals surface area contributed by atoms with Crippen molar-refractivity contribution in [1.29, 1.82) is 0 Å². The first kappa shape index (κ1) is 17.1. The first-order chi connectivity index (χ1) is 11.6. The Balaban J connectivity index is 1.64. The Morgan fingerprint density at radius 3 is 2.62 bits per heavy atom. The number of nitrogens with zero attached hydrogens (tertiary/aromatic N) is 1. The van der Waals surface area contributed by atoms with E-state index in [2.05, 4.69) is 10.2 Å². The second kappa shape index (κ2) is 7.92. The molecule has 0 spiro atoms. The van der Waals surface area contributed by atoms with Gasteiger partial charge in [-0.25, -0.2) is 4.39 Å². The highest BCUT2D eigenvalue weighted by Crippen LogP contribution is 2.23. The topological polar surface area (TPSA) is 37.6 Å². The zero-order valence-electron chi connectivity index (χ0n) is 14.3. The van der Waals surface area contributed by atoms with Gasteiger partial charge in [-0.3, -0.25) is 4.90 Å². The number of furan rings is 1. The molecule has 1 atom stereocenters. The Bertz CT molecular complexity index is 665. The van der Waals surface area contributed by atoms with Gasteiger partial charge in [-0.1, -0.05) is 12.1 Å². The molecule has 0 aliphatic carbocycles. The summed E-state index contributed by atoms with van der Waals surface area (Å²) in [6.07, 6.45) is 0. The van der Waals surface area contributed by atoms with Crippen molar-refractivity contribution in [3.63, 3.8) is 0 Å². The molecule has 3 rings (SSSR count). The van der Waals surface area contributed by atoms with Crippen molar-refractivity contribution in [2.75, 3.05) is 32.8 Å². The van der Waals surface area contributed by atoms with E-state index in [4.69, 9.17) is 9.15 Å². The molecule has 1 aromatic heterocycles. The van der Waals surface area contributed by atoms with E-state index in [0.29, 0.717) is 12.1 Å². The minimum atomic E-state index is -0.152. The molecule has 1 N–H and O–H groups in total. The highest BCUT2D eigenvalue weighted by molar-refractivity contribution is 5.23. The number of aryl methyl sites for hydroxylation is 2. The Kier molecular flexibility index (Phi) is 5.66. The number of benzene rings is 1. The van der Waals surface area contributed by atoms with Crippen LogP contribution >= 0.6 is 0 Å². The Labute approximate surface area is 142 Å². The molecule has 0 bridgehead atoms. The summed E-state index contributed by atoms with van der Waals surface area (Å²) in [4.78, 5) is 2.38. The molecule has 2 heterocycles. The second-order valence-corrected chi connectivity index (χ2v) is 6.33. The smallest absolute Gasteiger partial charge is 0.126 e. The van der Waals surface area contributed by atoms with E-state index in [1.165, 1.54) is 0 Å². The van der Waals surface area contributed by atoms with Gasteiger partial charge in [0.25, 0.3) is 0 Å². The van der Waals surface area contributed by atoms with E-state index in [9.17, 15) is 4.39 Å². The fourth-order valence-corrected chi connectivity index (χ4v) is 3.03. The SMILES string of the molecule is Cc1ccc(C(CNCc2ccc(C)c(F)c2)N2CCOCC2)o1. The monoisotopic (exact) mass is 332 g/mol. The highest BCUT2D eigenvalue weighted by Gasteiger charge is 2.24. The standard InChI is InChI=1S/C19H25FN2O2/c1-14-3-5-16(11-17(14)20)12-21-13-18(19-6-4-15(2)24-19)22-7-9-23-10-8-22/h3-6,11,18,21H,7-10,12-13H2,1-2H3. The number of morpholine rings is 1. The second-order valence-electron chi connectivity index (χ2n) is 6.33. The van der Waals surface area contributed by atoms with E-state index < -0.39 is 0 Å². The van der Waals surface area contributed by atoms with E-state index >= 15 is 0 Å². The van der Waals surface area contributed by atoms with Gasteiger partial charge in [-0.05, 0) is 43.2 Å². The molecule has 5 heteroatoms. The van der Waals surface area contributed by atoms with Crippen LogP contribution in [0.25, 0.3) is 0 Å². The molecule has 0 saturated carbocycles. The quantitative estimate of drug-likeness (QED) is 0.881. The number of halogens is 1. The van der Waals surface area contributed by atoms with Crippen LogP contribution in [0.2, 0.25) is 0 Å². The first-order valence-corrected chi connectivity index (χ1v) is 8.47. The minimum absolute atomic E-state index is 0.152. The summed E-state index contributed by atoms with van der Waals surface area (Å²) in [5, 5.41) is 3.44. The molecule has 1 aliphatic rings. The van der Waals surface area contributed by atoms with Gasteiger partial charge in [0.05, 0.1) is 19.3 Å². The third kappa shape index (κ3) is 4.23. The van der Waals surface area contributed by atoms with Crippen molar-refractivity contribution in [3.05, 3.63) is 58.8 Å². The zero-order chi connectivity index (χ0) is 16.9. The van der Waals surface area contributed by atoms with Crippen LogP contribution in [0.1, 0.15) is 28.7 Å². The number of hydrogen-bond acceptors (Lipinski definition) is 4. The summed E-state index contributed by atoms with van der Waals surface area (Å²) in [6.45, 7) is 8.41. The van der Waals surface area contributed by atoms with Crippen LogP contribution in [0, 0.1) is 19.7 Å². The van der Waals surface area contributed by atoms with E-state index in [0.717, 1.165) is 49.9 Å². The molecular weight excluding hydrogens is 307 g/mol. The molecule has 1 saturated heterocycles. The van der Waals surface area contributed by atoms with Gasteiger partial charge >= 0.3 is 0 Å². The van der Waals surface area contributed by atoms with Gasteiger partial charge in [0.15, 0.2) is 0 Å². The molecular formula is C19H25FN2O2. The average molecular weight is 332 g/mol. The molecule has 0 radical (unpaired) electrons. The molecule has 1 aromatic carbocycles. The maximum atomic E-state index is 13.7. The third-order valence-electron chi connectivity index (χ3n) is 4.48. The van der Waals surface area contributed by atoms with E-state index in [-0.39, 0.29) is 11.9 Å². The fourth-order valence-electron chi connectivity index (χ4n) is 3.03. The predicted octanol–water partition coefficient (Wildman–Crippen LogP) is 3.20. The van der Waals surface area contributed by atoms with Crippen LogP contribution in [0.15, 0.2) is 34.7 Å². The molecule has 0 amide bonds. The van der Waals surface area contributed by atoms with Crippen LogP contribution in [0.5, 0.6) is 0 Å². The van der Waals surface area contributed by atoms with Crippen molar-refractivity contribution in [3.8, 4) is 0 Å². The predicted molar refractivity (Wildman–Crippen MR) is 91.4 cm³/mol. The molecule has 4 nitrogen and oxygen atoms in total. The lowest BCUT2D eigenvalue weighted by atomic mass is 10.1. The first-order valence-electron chi connectivity index (χ1n) is 8.47. The number of rotatable bonds is 6. The molecule has 2 aromatic rings. The van der Waals surface area contributed by atoms with Gasteiger partial charge in [-0.15, -0.1) is 0 Å². The van der Waals surface area contributed by atoms with Gasteiger partial charge in [0, 0.05) is 26.2 Å². The molecule has 130 valence electrons. The summed E-state index contributed by atoms with van der Waals surface area (Å²) in [5.74, 6) is 1.74. The van der Waals surface area contributed by atoms with E-state index in [1.54, 1.807) is 13.0 Å². The lowest BCUT2D eigenvalue weighted by Gasteiger charge is -2.33. The number of ether oxygens (including phenoxy) is 1. The summed E-state index contributed by atoms with van der Waals surface area (Å²) >= 11 is 0. The Morgan fingerprint density at radius 1 is 1.17 bits per heavy atom. The van der Waals surface area contributed by atoms with Gasteiger partial charge < -0.3 is 14.5 Å². The third-order valence-corrected chi connectivity index (χ3v) is 4.48. The van der Waals surface area contributed by atoms with Crippen molar-refractivity contribution in [2.24, 2.45) is 0 Å². The van der Waals surface area contributed by atoms with Crippen LogP contribution in [0.3, 0.4) is 0 Å². The van der Waals surface area contributed by atoms with Crippen LogP contribution in [0.4, 0.5) is 4.39 Å². The van der Waals surface area contributed by atoms with Crippen molar-refractivity contribution < 1.29 is 13.5 Å². The van der Waals surface area contributed by atoms with Gasteiger partial charge in [-0.2, -0.15) is 0 Å². The Hall–Kier alpha value is -1.69. The van der Waals surface area contributed by atoms with Gasteiger partial charge in [0.2, 0.25) is 0 Å². The normalized spacial score (nSPS) is 17.1. The summed E-state index contributed by atoms with van der Waals surface area (Å²) < 4.78 is 25.0. The van der Waals surface area contributed by atoms with Crippen molar-refractivity contribution in [1.82, 2.24) is 10.2 Å². The van der Waals surface area contributed by atoms with Crippen molar-refractivity contribution >= 4 is 0 Å². The maximum Gasteiger partial charge on any atom is 0.126 e. The molecule has 1 fully saturated rings. The maximum absolute atomic E-state index is 13.7. The van der Waals surface area contributed by atoms with Crippen LogP contribution in [-0.2, 0) is 11.3 Å². The van der Waals surface area contributed by atoms with Crippen LogP contribution < -0.4 is 5.32 Å². The zero-order valence-corrected chi connectivity index (χ0v) is 14.3. The lowest BCUT2D eigenvalue weighted by molar-refractivity contribution is 0.0115. The minimum Gasteiger partial charge on any atom is -0.465 e. The number of nitrogens with one attached hydrogen (secondary N) is 1. The molecule has 1 unspecified atom stereocenters.